The van der Waals surface area contributed by atoms with E-state index in [0.29, 0.717) is 11.2 Å². The lowest BCUT2D eigenvalue weighted by Gasteiger charge is -2.23. The van der Waals surface area contributed by atoms with Crippen LogP contribution in [0.3, 0.4) is 0 Å². The highest BCUT2D eigenvalue weighted by Gasteiger charge is 2.21. The molecule has 0 aromatic carbocycles. The zero-order valence-electron chi connectivity index (χ0n) is 12.4. The second kappa shape index (κ2) is 6.20. The van der Waals surface area contributed by atoms with E-state index in [9.17, 15) is 9.59 Å². The van der Waals surface area contributed by atoms with Crippen molar-refractivity contribution in [2.75, 3.05) is 0 Å². The Morgan fingerprint density at radius 1 is 1.36 bits per heavy atom. The van der Waals surface area contributed by atoms with Crippen LogP contribution in [-0.4, -0.2) is 21.9 Å². The maximum absolute atomic E-state index is 12.5. The van der Waals surface area contributed by atoms with Gasteiger partial charge < -0.3 is 10.3 Å². The Hall–Kier alpha value is -1.69. The number of nitrogens with zero attached hydrogens (tertiary/aromatic N) is 1. The minimum absolute atomic E-state index is 0.177. The third-order valence-electron chi connectivity index (χ3n) is 4.26. The lowest BCUT2D eigenvalue weighted by molar-refractivity contribution is 0.0925. The van der Waals surface area contributed by atoms with E-state index < -0.39 is 0 Å². The molecule has 0 radical (unpaired) electrons. The molecule has 2 aromatic rings. The molecule has 6 heteroatoms. The fourth-order valence-corrected chi connectivity index (χ4v) is 3.41. The molecule has 1 fully saturated rings. The Bertz CT molecular complexity index is 779. The number of aromatic amines is 1. The second-order valence-corrected chi connectivity index (χ2v) is 6.73. The largest absolute Gasteiger partial charge is 0.349 e. The fraction of sp³-hybridized carbons (Fsp3) is 0.438. The first-order chi connectivity index (χ1) is 10.6. The molecule has 1 amide bonds. The number of hydrogen-bond donors (Lipinski definition) is 2. The van der Waals surface area contributed by atoms with Crippen LogP contribution in [0.5, 0.6) is 0 Å². The van der Waals surface area contributed by atoms with Crippen molar-refractivity contribution in [3.63, 3.8) is 0 Å². The molecule has 2 aromatic heterocycles. The van der Waals surface area contributed by atoms with Crippen molar-refractivity contribution in [2.45, 2.75) is 45.1 Å². The highest BCUT2D eigenvalue weighted by atomic mass is 79.9. The molecule has 1 saturated carbocycles. The van der Waals surface area contributed by atoms with E-state index in [0.717, 1.165) is 35.5 Å². The van der Waals surface area contributed by atoms with E-state index in [4.69, 9.17) is 0 Å². The molecule has 0 bridgehead atoms. The molecular weight excluding hydrogens is 346 g/mol. The number of rotatable bonds is 2. The zero-order chi connectivity index (χ0) is 15.7. The van der Waals surface area contributed by atoms with Gasteiger partial charge in [-0.15, -0.1) is 0 Å². The van der Waals surface area contributed by atoms with Crippen LogP contribution in [0.4, 0.5) is 0 Å². The third kappa shape index (κ3) is 2.92. The standard InChI is InChI=1S/C16H18BrN3O2/c1-9-12-7-10(17)8-18-14(12)20-16(22)13(9)15(21)19-11-5-3-2-4-6-11/h7-8,11H,2-6H2,1H3,(H,19,21)(H,18,20,22). The molecule has 1 aliphatic rings. The van der Waals surface area contributed by atoms with Crippen LogP contribution >= 0.6 is 15.9 Å². The van der Waals surface area contributed by atoms with E-state index in [1.165, 1.54) is 6.42 Å². The number of H-pyrrole nitrogens is 1. The Kier molecular flexibility index (Phi) is 4.29. The van der Waals surface area contributed by atoms with Crippen LogP contribution < -0.4 is 10.9 Å². The van der Waals surface area contributed by atoms with Crippen molar-refractivity contribution in [2.24, 2.45) is 0 Å². The Morgan fingerprint density at radius 3 is 2.82 bits per heavy atom. The summed E-state index contributed by atoms with van der Waals surface area (Å²) in [6.45, 7) is 1.79. The van der Waals surface area contributed by atoms with Crippen LogP contribution in [-0.2, 0) is 0 Å². The number of nitrogens with one attached hydrogen (secondary N) is 2. The summed E-state index contributed by atoms with van der Waals surface area (Å²) in [5, 5.41) is 3.79. The number of halogens is 1. The molecule has 0 atom stereocenters. The van der Waals surface area contributed by atoms with Gasteiger partial charge in [-0.3, -0.25) is 9.59 Å². The summed E-state index contributed by atoms with van der Waals surface area (Å²) in [6, 6.07) is 2.04. The highest BCUT2D eigenvalue weighted by Crippen LogP contribution is 2.21. The van der Waals surface area contributed by atoms with Crippen LogP contribution in [0.1, 0.15) is 48.0 Å². The van der Waals surface area contributed by atoms with Crippen LogP contribution in [0.15, 0.2) is 21.5 Å². The molecule has 1 aliphatic carbocycles. The minimum Gasteiger partial charge on any atom is -0.349 e. The summed E-state index contributed by atoms with van der Waals surface area (Å²) >= 11 is 3.37. The maximum atomic E-state index is 12.5. The smallest absolute Gasteiger partial charge is 0.262 e. The molecule has 0 spiro atoms. The van der Waals surface area contributed by atoms with E-state index in [1.807, 2.05) is 6.07 Å². The van der Waals surface area contributed by atoms with Crippen molar-refractivity contribution in [1.82, 2.24) is 15.3 Å². The Balaban J connectivity index is 1.98. The summed E-state index contributed by atoms with van der Waals surface area (Å²) < 4.78 is 0.814. The second-order valence-electron chi connectivity index (χ2n) is 5.81. The summed E-state index contributed by atoms with van der Waals surface area (Å²) in [6.07, 6.45) is 7.09. The van der Waals surface area contributed by atoms with Gasteiger partial charge >= 0.3 is 0 Å². The van der Waals surface area contributed by atoms with Crippen molar-refractivity contribution in [1.29, 1.82) is 0 Å². The molecule has 0 unspecified atom stereocenters. The fourth-order valence-electron chi connectivity index (χ4n) is 3.08. The summed E-state index contributed by atoms with van der Waals surface area (Å²) in [4.78, 5) is 31.7. The van der Waals surface area contributed by atoms with Gasteiger partial charge in [0.05, 0.1) is 0 Å². The maximum Gasteiger partial charge on any atom is 0.262 e. The predicted molar refractivity (Wildman–Crippen MR) is 89.1 cm³/mol. The number of fused-ring (bicyclic) bond motifs is 1. The predicted octanol–water partition coefficient (Wildman–Crippen LogP) is 3.06. The van der Waals surface area contributed by atoms with E-state index >= 15 is 0 Å². The van der Waals surface area contributed by atoms with Gasteiger partial charge in [0.2, 0.25) is 0 Å². The van der Waals surface area contributed by atoms with Gasteiger partial charge in [-0.2, -0.15) is 0 Å². The van der Waals surface area contributed by atoms with Gasteiger partial charge in [-0.25, -0.2) is 4.98 Å². The lowest BCUT2D eigenvalue weighted by atomic mass is 9.95. The average Bonchev–Trinajstić information content (AvgIpc) is 2.49. The number of amides is 1. The molecule has 0 aliphatic heterocycles. The number of aromatic nitrogens is 2. The molecule has 3 rings (SSSR count). The zero-order valence-corrected chi connectivity index (χ0v) is 14.0. The van der Waals surface area contributed by atoms with Gasteiger partial charge in [-0.1, -0.05) is 19.3 Å². The number of carbonyl (C=O) groups excluding carboxylic acids is 1. The number of carbonyl (C=O) groups is 1. The molecule has 22 heavy (non-hydrogen) atoms. The minimum atomic E-state index is -0.381. The van der Waals surface area contributed by atoms with Gasteiger partial charge in [0.1, 0.15) is 11.2 Å². The SMILES string of the molecule is Cc1c(C(=O)NC2CCCCC2)c(=O)[nH]c2ncc(Br)cc12. The number of aryl methyl sites for hydroxylation is 1. The molecule has 2 N–H and O–H groups in total. The van der Waals surface area contributed by atoms with Crippen LogP contribution in [0.25, 0.3) is 11.0 Å². The van der Waals surface area contributed by atoms with E-state index in [-0.39, 0.29) is 23.1 Å². The van der Waals surface area contributed by atoms with E-state index in [1.54, 1.807) is 13.1 Å². The van der Waals surface area contributed by atoms with Crippen molar-refractivity contribution in [3.05, 3.63) is 38.2 Å². The van der Waals surface area contributed by atoms with Crippen molar-refractivity contribution in [3.8, 4) is 0 Å². The van der Waals surface area contributed by atoms with Crippen LogP contribution in [0.2, 0.25) is 0 Å². The first-order valence-electron chi connectivity index (χ1n) is 7.55. The van der Waals surface area contributed by atoms with Gasteiger partial charge in [0.15, 0.2) is 0 Å². The van der Waals surface area contributed by atoms with Crippen molar-refractivity contribution >= 4 is 32.9 Å². The summed E-state index contributed by atoms with van der Waals surface area (Å²) in [5.41, 5.74) is 0.979. The lowest BCUT2D eigenvalue weighted by Crippen LogP contribution is -2.39. The number of pyridine rings is 2. The van der Waals surface area contributed by atoms with Crippen molar-refractivity contribution < 1.29 is 4.79 Å². The van der Waals surface area contributed by atoms with Gasteiger partial charge in [0, 0.05) is 22.1 Å². The molecule has 2 heterocycles. The normalized spacial score (nSPS) is 15.9. The summed E-state index contributed by atoms with van der Waals surface area (Å²) in [7, 11) is 0. The molecule has 5 nitrogen and oxygen atoms in total. The third-order valence-corrected chi connectivity index (χ3v) is 4.69. The molecule has 116 valence electrons. The average molecular weight is 364 g/mol. The Morgan fingerprint density at radius 2 is 2.09 bits per heavy atom. The first-order valence-corrected chi connectivity index (χ1v) is 8.34. The Labute approximate surface area is 136 Å². The first kappa shape index (κ1) is 15.2. The molecule has 0 saturated heterocycles. The van der Waals surface area contributed by atoms with Gasteiger partial charge in [0.25, 0.3) is 11.5 Å². The topological polar surface area (TPSA) is 74.8 Å². The number of hydrogen-bond acceptors (Lipinski definition) is 3. The van der Waals surface area contributed by atoms with Crippen LogP contribution in [0, 0.1) is 6.92 Å². The van der Waals surface area contributed by atoms with Gasteiger partial charge in [-0.05, 0) is 47.3 Å². The highest BCUT2D eigenvalue weighted by molar-refractivity contribution is 9.10. The summed E-state index contributed by atoms with van der Waals surface area (Å²) in [5.74, 6) is -0.285. The quantitative estimate of drug-likeness (QED) is 0.860. The monoisotopic (exact) mass is 363 g/mol. The molecular formula is C16H18BrN3O2. The van der Waals surface area contributed by atoms with E-state index in [2.05, 4.69) is 31.2 Å².